The Hall–Kier alpha value is -2.16. The third-order valence-electron chi connectivity index (χ3n) is 4.22. The zero-order valence-corrected chi connectivity index (χ0v) is 12.9. The van der Waals surface area contributed by atoms with Gasteiger partial charge in [-0.3, -0.25) is 0 Å². The van der Waals surface area contributed by atoms with E-state index < -0.39 is 26.5 Å². The first-order valence-corrected chi connectivity index (χ1v) is 8.51. The van der Waals surface area contributed by atoms with Crippen LogP contribution < -0.4 is 5.73 Å². The van der Waals surface area contributed by atoms with Crippen LogP contribution in [0.3, 0.4) is 0 Å². The van der Waals surface area contributed by atoms with Gasteiger partial charge in [0.2, 0.25) is 0 Å². The van der Waals surface area contributed by atoms with Gasteiger partial charge >= 0.3 is 0 Å². The molecule has 1 aliphatic rings. The van der Waals surface area contributed by atoms with E-state index in [0.29, 0.717) is 0 Å². The second-order valence-electron chi connectivity index (χ2n) is 5.71. The van der Waals surface area contributed by atoms with Crippen molar-refractivity contribution in [3.8, 4) is 6.07 Å². The predicted molar refractivity (Wildman–Crippen MR) is 83.9 cm³/mol. The molecule has 1 fully saturated rings. The van der Waals surface area contributed by atoms with E-state index in [1.54, 1.807) is 18.2 Å². The Kier molecular flexibility index (Phi) is 3.32. The van der Waals surface area contributed by atoms with Crippen LogP contribution in [0.2, 0.25) is 0 Å². The van der Waals surface area contributed by atoms with Gasteiger partial charge in [-0.25, -0.2) is 8.42 Å². The second kappa shape index (κ2) is 4.94. The molecule has 1 saturated carbocycles. The van der Waals surface area contributed by atoms with Crippen LogP contribution in [0.4, 0.5) is 0 Å². The van der Waals surface area contributed by atoms with Gasteiger partial charge in [0, 0.05) is 5.92 Å². The van der Waals surface area contributed by atoms with Crippen LogP contribution in [0.5, 0.6) is 0 Å². The van der Waals surface area contributed by atoms with Crippen LogP contribution in [0.15, 0.2) is 59.5 Å². The van der Waals surface area contributed by atoms with Crippen LogP contribution in [-0.4, -0.2) is 19.2 Å². The van der Waals surface area contributed by atoms with Crippen LogP contribution in [-0.2, 0) is 9.84 Å². The van der Waals surface area contributed by atoms with Gasteiger partial charge in [0.1, 0.15) is 10.8 Å². The van der Waals surface area contributed by atoms with Crippen LogP contribution in [0.25, 0.3) is 0 Å². The van der Waals surface area contributed by atoms with Gasteiger partial charge in [0.05, 0.1) is 11.0 Å². The number of sulfone groups is 1. The van der Waals surface area contributed by atoms with Gasteiger partial charge in [-0.1, -0.05) is 48.0 Å². The molecule has 22 heavy (non-hydrogen) atoms. The van der Waals surface area contributed by atoms with E-state index in [1.165, 1.54) is 12.1 Å². The van der Waals surface area contributed by atoms with Crippen molar-refractivity contribution in [3.63, 3.8) is 0 Å². The molecule has 0 aromatic heterocycles. The Morgan fingerprint density at radius 1 is 1.09 bits per heavy atom. The normalized spacial score (nSPS) is 27.1. The van der Waals surface area contributed by atoms with Gasteiger partial charge in [-0.2, -0.15) is 5.26 Å². The van der Waals surface area contributed by atoms with Crippen LogP contribution in [0.1, 0.15) is 17.0 Å². The first-order valence-electron chi connectivity index (χ1n) is 6.97. The molecule has 2 aromatic carbocycles. The van der Waals surface area contributed by atoms with Crippen molar-refractivity contribution in [1.82, 2.24) is 0 Å². The van der Waals surface area contributed by atoms with Gasteiger partial charge in [0.25, 0.3) is 0 Å². The Balaban J connectivity index is 2.04. The summed E-state index contributed by atoms with van der Waals surface area (Å²) in [5.74, 6) is -0.497. The third kappa shape index (κ3) is 2.12. The van der Waals surface area contributed by atoms with E-state index in [4.69, 9.17) is 5.73 Å². The molecule has 1 aliphatic carbocycles. The third-order valence-corrected chi connectivity index (χ3v) is 6.48. The van der Waals surface area contributed by atoms with Gasteiger partial charge in [0.15, 0.2) is 9.84 Å². The average molecular weight is 312 g/mol. The fourth-order valence-corrected chi connectivity index (χ4v) is 5.13. The molecule has 0 radical (unpaired) electrons. The highest BCUT2D eigenvalue weighted by atomic mass is 32.2. The Morgan fingerprint density at radius 3 is 2.23 bits per heavy atom. The Morgan fingerprint density at radius 2 is 1.68 bits per heavy atom. The Labute approximate surface area is 130 Å². The summed E-state index contributed by atoms with van der Waals surface area (Å²) in [4.78, 5) is 0.208. The lowest BCUT2D eigenvalue weighted by molar-refractivity contribution is 0.592. The lowest BCUT2D eigenvalue weighted by Crippen LogP contribution is -2.29. The molecular formula is C17H16N2O2S. The zero-order chi connectivity index (χ0) is 16.0. The molecule has 0 amide bonds. The minimum Gasteiger partial charge on any atom is -0.312 e. The summed E-state index contributed by atoms with van der Waals surface area (Å²) < 4.78 is 25.6. The molecule has 3 atom stereocenters. The van der Waals surface area contributed by atoms with Crippen molar-refractivity contribution >= 4 is 9.84 Å². The largest absolute Gasteiger partial charge is 0.312 e. The fraction of sp³-hybridized carbons (Fsp3) is 0.235. The zero-order valence-electron chi connectivity index (χ0n) is 12.1. The summed E-state index contributed by atoms with van der Waals surface area (Å²) in [6, 6.07) is 17.7. The number of nitriles is 1. The smallest absolute Gasteiger partial charge is 0.184 e. The summed E-state index contributed by atoms with van der Waals surface area (Å²) in [6.45, 7) is 1.95. The molecule has 0 saturated heterocycles. The van der Waals surface area contributed by atoms with Crippen molar-refractivity contribution < 1.29 is 8.42 Å². The topological polar surface area (TPSA) is 83.9 Å². The molecule has 2 aromatic rings. The average Bonchev–Trinajstić information content (AvgIpc) is 3.17. The van der Waals surface area contributed by atoms with Crippen LogP contribution in [0, 0.1) is 18.3 Å². The molecule has 3 rings (SSSR count). The highest BCUT2D eigenvalue weighted by Crippen LogP contribution is 2.55. The Bertz CT molecular complexity index is 838. The maximum atomic E-state index is 12.8. The number of aryl methyl sites for hydroxylation is 1. The molecule has 0 heterocycles. The SMILES string of the molecule is Cc1ccc([C@@H]2[C@@H](S(=O)(=O)c3ccccc3)[C@]2(N)C#N)cc1. The van der Waals surface area contributed by atoms with Gasteiger partial charge in [-0.15, -0.1) is 0 Å². The van der Waals surface area contributed by atoms with E-state index in [2.05, 4.69) is 0 Å². The van der Waals surface area contributed by atoms with Crippen molar-refractivity contribution in [3.05, 3.63) is 65.7 Å². The summed E-state index contributed by atoms with van der Waals surface area (Å²) in [5, 5.41) is 8.49. The number of hydrogen-bond acceptors (Lipinski definition) is 4. The van der Waals surface area contributed by atoms with Gasteiger partial charge in [-0.05, 0) is 24.6 Å². The number of rotatable bonds is 3. The van der Waals surface area contributed by atoms with Gasteiger partial charge < -0.3 is 5.73 Å². The number of nitrogens with two attached hydrogens (primary N) is 1. The lowest BCUT2D eigenvalue weighted by atomic mass is 10.1. The molecule has 0 aliphatic heterocycles. The molecule has 0 bridgehead atoms. The highest BCUT2D eigenvalue weighted by molar-refractivity contribution is 7.92. The quantitative estimate of drug-likeness (QED) is 0.941. The van der Waals surface area contributed by atoms with Crippen molar-refractivity contribution in [2.45, 2.75) is 28.5 Å². The minimum atomic E-state index is -3.64. The van der Waals surface area contributed by atoms with E-state index in [9.17, 15) is 13.7 Å². The summed E-state index contributed by atoms with van der Waals surface area (Å²) in [7, 11) is -3.64. The molecule has 0 spiro atoms. The van der Waals surface area contributed by atoms with Crippen LogP contribution >= 0.6 is 0 Å². The number of benzene rings is 2. The monoisotopic (exact) mass is 312 g/mol. The maximum absolute atomic E-state index is 12.8. The van der Waals surface area contributed by atoms with Crippen molar-refractivity contribution in [2.75, 3.05) is 0 Å². The van der Waals surface area contributed by atoms with E-state index in [1.807, 2.05) is 37.3 Å². The molecule has 2 N–H and O–H groups in total. The van der Waals surface area contributed by atoms with Crippen molar-refractivity contribution in [1.29, 1.82) is 5.26 Å². The fourth-order valence-electron chi connectivity index (χ4n) is 2.92. The molecule has 4 nitrogen and oxygen atoms in total. The summed E-state index contributed by atoms with van der Waals surface area (Å²) in [6.07, 6.45) is 0. The highest BCUT2D eigenvalue weighted by Gasteiger charge is 2.70. The molecule has 0 unspecified atom stereocenters. The maximum Gasteiger partial charge on any atom is 0.184 e. The minimum absolute atomic E-state index is 0.208. The van der Waals surface area contributed by atoms with E-state index >= 15 is 0 Å². The predicted octanol–water partition coefficient (Wildman–Crippen LogP) is 2.16. The summed E-state index contributed by atoms with van der Waals surface area (Å²) >= 11 is 0. The summed E-state index contributed by atoms with van der Waals surface area (Å²) in [5.41, 5.74) is 6.58. The molecule has 5 heteroatoms. The molecular weight excluding hydrogens is 296 g/mol. The van der Waals surface area contributed by atoms with E-state index in [-0.39, 0.29) is 4.90 Å². The number of nitrogens with zero attached hydrogens (tertiary/aromatic N) is 1. The second-order valence-corrected chi connectivity index (χ2v) is 7.78. The number of hydrogen-bond donors (Lipinski definition) is 1. The van der Waals surface area contributed by atoms with Crippen molar-refractivity contribution in [2.24, 2.45) is 5.73 Å². The lowest BCUT2D eigenvalue weighted by Gasteiger charge is -2.04. The first kappa shape index (κ1) is 14.8. The standard InChI is InChI=1S/C17H16N2O2S/c1-12-7-9-13(10-8-12)15-16(17(15,19)11-18)22(20,21)14-5-3-2-4-6-14/h2-10,15-16H,19H2,1H3/t15-,16-,17+/m1/s1. The van der Waals surface area contributed by atoms with E-state index in [0.717, 1.165) is 11.1 Å². The first-order chi connectivity index (χ1) is 10.4. The molecule has 112 valence electrons.